The first-order valence-electron chi connectivity index (χ1n) is 5.14. The number of hydrogen-bond donors (Lipinski definition) is 3. The number of rotatable bonds is 4. The molecule has 0 amide bonds. The SMILES string of the molecule is CN=NC1CCCC(NCNC)C1O. The summed E-state index contributed by atoms with van der Waals surface area (Å²) >= 11 is 0. The monoisotopic (exact) mass is 200 g/mol. The van der Waals surface area contributed by atoms with Gasteiger partial charge in [0.15, 0.2) is 0 Å². The molecule has 3 N–H and O–H groups in total. The molecule has 5 nitrogen and oxygen atoms in total. The van der Waals surface area contributed by atoms with Gasteiger partial charge in [0.25, 0.3) is 0 Å². The molecule has 3 atom stereocenters. The van der Waals surface area contributed by atoms with Crippen molar-refractivity contribution >= 4 is 0 Å². The first-order valence-corrected chi connectivity index (χ1v) is 5.14. The van der Waals surface area contributed by atoms with Gasteiger partial charge in [0, 0.05) is 19.8 Å². The Hall–Kier alpha value is -0.520. The summed E-state index contributed by atoms with van der Waals surface area (Å²) < 4.78 is 0. The number of azo groups is 1. The Kier molecular flexibility index (Phi) is 5.00. The maximum absolute atomic E-state index is 9.94. The number of nitrogens with zero attached hydrogens (tertiary/aromatic N) is 2. The molecule has 0 aromatic rings. The number of hydrogen-bond acceptors (Lipinski definition) is 5. The van der Waals surface area contributed by atoms with Gasteiger partial charge in [-0.3, -0.25) is 5.32 Å². The third-order valence-corrected chi connectivity index (χ3v) is 2.63. The lowest BCUT2D eigenvalue weighted by molar-refractivity contribution is 0.0698. The average molecular weight is 200 g/mol. The maximum atomic E-state index is 9.94. The summed E-state index contributed by atoms with van der Waals surface area (Å²) in [6.45, 7) is 0.720. The van der Waals surface area contributed by atoms with Crippen LogP contribution in [0.4, 0.5) is 0 Å². The van der Waals surface area contributed by atoms with Crippen molar-refractivity contribution in [2.24, 2.45) is 10.2 Å². The topological polar surface area (TPSA) is 69.0 Å². The van der Waals surface area contributed by atoms with Crippen molar-refractivity contribution in [1.29, 1.82) is 0 Å². The van der Waals surface area contributed by atoms with Crippen LogP contribution in [-0.4, -0.2) is 44.1 Å². The van der Waals surface area contributed by atoms with E-state index >= 15 is 0 Å². The summed E-state index contributed by atoms with van der Waals surface area (Å²) in [4.78, 5) is 0. The zero-order valence-electron chi connectivity index (χ0n) is 8.90. The second-order valence-corrected chi connectivity index (χ2v) is 3.65. The Bertz CT molecular complexity index is 186. The van der Waals surface area contributed by atoms with Crippen LogP contribution in [0.15, 0.2) is 10.2 Å². The predicted octanol–water partition coefficient (Wildman–Crippen LogP) is 0.117. The highest BCUT2D eigenvalue weighted by molar-refractivity contribution is 4.89. The predicted molar refractivity (Wildman–Crippen MR) is 55.3 cm³/mol. The summed E-state index contributed by atoms with van der Waals surface area (Å²) in [5.41, 5.74) is 0. The van der Waals surface area contributed by atoms with Crippen LogP contribution in [0.2, 0.25) is 0 Å². The van der Waals surface area contributed by atoms with E-state index in [1.807, 2.05) is 7.05 Å². The standard InChI is InChI=1S/C9H20N4O/c1-10-6-12-7-4-3-5-8(9(7)14)13-11-2/h7-10,12,14H,3-6H2,1-2H3. The van der Waals surface area contributed by atoms with Crippen LogP contribution in [0.3, 0.4) is 0 Å². The van der Waals surface area contributed by atoms with Crippen LogP contribution in [-0.2, 0) is 0 Å². The summed E-state index contributed by atoms with van der Waals surface area (Å²) in [7, 11) is 3.53. The van der Waals surface area contributed by atoms with Gasteiger partial charge in [0.2, 0.25) is 0 Å². The van der Waals surface area contributed by atoms with E-state index in [2.05, 4.69) is 20.9 Å². The highest BCUT2D eigenvalue weighted by atomic mass is 16.3. The molecular weight excluding hydrogens is 180 g/mol. The number of nitrogens with one attached hydrogen (secondary N) is 2. The molecule has 0 aromatic carbocycles. The minimum atomic E-state index is -0.402. The molecule has 1 saturated carbocycles. The molecule has 0 radical (unpaired) electrons. The van der Waals surface area contributed by atoms with Gasteiger partial charge in [-0.1, -0.05) is 0 Å². The van der Waals surface area contributed by atoms with E-state index in [1.54, 1.807) is 7.05 Å². The third kappa shape index (κ3) is 3.01. The van der Waals surface area contributed by atoms with Crippen molar-refractivity contribution in [3.63, 3.8) is 0 Å². The molecule has 1 aliphatic carbocycles. The van der Waals surface area contributed by atoms with Gasteiger partial charge < -0.3 is 10.4 Å². The second kappa shape index (κ2) is 6.06. The summed E-state index contributed by atoms with van der Waals surface area (Å²) in [5, 5.41) is 24.0. The molecule has 3 unspecified atom stereocenters. The molecule has 82 valence electrons. The zero-order valence-corrected chi connectivity index (χ0v) is 8.90. The van der Waals surface area contributed by atoms with Crippen LogP contribution in [0.5, 0.6) is 0 Å². The molecule has 1 fully saturated rings. The molecule has 0 saturated heterocycles. The Morgan fingerprint density at radius 2 is 2.21 bits per heavy atom. The Labute approximate surface area is 85.0 Å². The van der Waals surface area contributed by atoms with E-state index in [0.29, 0.717) is 0 Å². The lowest BCUT2D eigenvalue weighted by atomic mass is 9.89. The summed E-state index contributed by atoms with van der Waals surface area (Å²) in [6.07, 6.45) is 2.65. The Balaban J connectivity index is 2.43. The van der Waals surface area contributed by atoms with Crippen molar-refractivity contribution < 1.29 is 5.11 Å². The van der Waals surface area contributed by atoms with Crippen LogP contribution < -0.4 is 10.6 Å². The highest BCUT2D eigenvalue weighted by Gasteiger charge is 2.31. The van der Waals surface area contributed by atoms with Crippen molar-refractivity contribution in [3.05, 3.63) is 0 Å². The van der Waals surface area contributed by atoms with E-state index in [0.717, 1.165) is 25.9 Å². The van der Waals surface area contributed by atoms with E-state index in [4.69, 9.17) is 0 Å². The van der Waals surface area contributed by atoms with Gasteiger partial charge in [0.1, 0.15) is 0 Å². The van der Waals surface area contributed by atoms with E-state index in [-0.39, 0.29) is 12.1 Å². The minimum Gasteiger partial charge on any atom is -0.389 e. The molecule has 0 spiro atoms. The fourth-order valence-corrected chi connectivity index (χ4v) is 1.89. The minimum absolute atomic E-state index is 0.0249. The molecule has 0 bridgehead atoms. The van der Waals surface area contributed by atoms with Crippen molar-refractivity contribution in [2.45, 2.75) is 37.5 Å². The van der Waals surface area contributed by atoms with Gasteiger partial charge in [0.05, 0.1) is 12.1 Å². The van der Waals surface area contributed by atoms with Gasteiger partial charge >= 0.3 is 0 Å². The second-order valence-electron chi connectivity index (χ2n) is 3.65. The lowest BCUT2D eigenvalue weighted by Crippen LogP contribution is -2.50. The number of aliphatic hydroxyl groups excluding tert-OH is 1. The van der Waals surface area contributed by atoms with Gasteiger partial charge in [-0.05, 0) is 26.3 Å². The summed E-state index contributed by atoms with van der Waals surface area (Å²) in [6, 6.07) is 0.120. The lowest BCUT2D eigenvalue weighted by Gasteiger charge is -2.32. The molecule has 0 heterocycles. The summed E-state index contributed by atoms with van der Waals surface area (Å²) in [5.74, 6) is 0. The quantitative estimate of drug-likeness (QED) is 0.446. The molecule has 1 aliphatic rings. The maximum Gasteiger partial charge on any atom is 0.0981 e. The van der Waals surface area contributed by atoms with E-state index in [1.165, 1.54) is 0 Å². The largest absolute Gasteiger partial charge is 0.389 e. The van der Waals surface area contributed by atoms with Gasteiger partial charge in [-0.2, -0.15) is 10.2 Å². The molecule has 5 heteroatoms. The van der Waals surface area contributed by atoms with Crippen molar-refractivity contribution in [2.75, 3.05) is 20.8 Å². The zero-order chi connectivity index (χ0) is 10.4. The van der Waals surface area contributed by atoms with Gasteiger partial charge in [-0.15, -0.1) is 0 Å². The average Bonchev–Trinajstić information content (AvgIpc) is 2.20. The molecule has 1 rings (SSSR count). The fourth-order valence-electron chi connectivity index (χ4n) is 1.89. The van der Waals surface area contributed by atoms with Gasteiger partial charge in [-0.25, -0.2) is 0 Å². The Morgan fingerprint density at radius 3 is 2.86 bits per heavy atom. The first kappa shape index (κ1) is 11.6. The molecular formula is C9H20N4O. The van der Waals surface area contributed by atoms with E-state index in [9.17, 15) is 5.11 Å². The molecule has 14 heavy (non-hydrogen) atoms. The fraction of sp³-hybridized carbons (Fsp3) is 1.00. The highest BCUT2D eigenvalue weighted by Crippen LogP contribution is 2.21. The number of aliphatic hydroxyl groups is 1. The normalized spacial score (nSPS) is 33.8. The smallest absolute Gasteiger partial charge is 0.0981 e. The van der Waals surface area contributed by atoms with Crippen LogP contribution in [0, 0.1) is 0 Å². The molecule has 0 aliphatic heterocycles. The van der Waals surface area contributed by atoms with Crippen molar-refractivity contribution in [3.8, 4) is 0 Å². The van der Waals surface area contributed by atoms with Crippen LogP contribution >= 0.6 is 0 Å². The van der Waals surface area contributed by atoms with E-state index < -0.39 is 6.10 Å². The van der Waals surface area contributed by atoms with Crippen LogP contribution in [0.25, 0.3) is 0 Å². The van der Waals surface area contributed by atoms with Crippen molar-refractivity contribution in [1.82, 2.24) is 10.6 Å². The molecule has 0 aromatic heterocycles. The van der Waals surface area contributed by atoms with Crippen LogP contribution in [0.1, 0.15) is 19.3 Å². The third-order valence-electron chi connectivity index (χ3n) is 2.63. The first-order chi connectivity index (χ1) is 6.79. The Morgan fingerprint density at radius 1 is 1.43 bits per heavy atom.